The fraction of sp³-hybridized carbons (Fsp3) is 0.753. The Morgan fingerprint density at radius 2 is 0.513 bits per heavy atom. The highest BCUT2D eigenvalue weighted by Crippen LogP contribution is 2.18. The van der Waals surface area contributed by atoms with E-state index in [1.807, 2.05) is 0 Å². The molecule has 0 aliphatic heterocycles. The molecule has 0 fully saturated rings. The second kappa shape index (κ2) is 68.1. The van der Waals surface area contributed by atoms with Crippen LogP contribution in [0.4, 0.5) is 0 Å². The summed E-state index contributed by atoms with van der Waals surface area (Å²) in [5, 5.41) is 9.70. The zero-order valence-electron chi connectivity index (χ0n) is 51.7. The van der Waals surface area contributed by atoms with Gasteiger partial charge in [-0.2, -0.15) is 0 Å². The van der Waals surface area contributed by atoms with Crippen molar-refractivity contribution in [3.05, 3.63) is 97.2 Å². The van der Waals surface area contributed by atoms with Crippen LogP contribution in [0, 0.1) is 0 Å². The van der Waals surface area contributed by atoms with E-state index in [-0.39, 0.29) is 25.2 Å². The minimum absolute atomic E-state index is 0.0642. The number of hydrogen-bond acceptors (Lipinski definition) is 5. The number of unbranched alkanes of at least 4 members (excludes halogenated alkanes) is 38. The second-order valence-electron chi connectivity index (χ2n) is 22.5. The lowest BCUT2D eigenvalue weighted by Gasteiger charge is -2.15. The zero-order valence-corrected chi connectivity index (χ0v) is 51.7. The predicted molar refractivity (Wildman–Crippen MR) is 343 cm³/mol. The first kappa shape index (κ1) is 74.8. The van der Waals surface area contributed by atoms with Gasteiger partial charge in [-0.25, -0.2) is 0 Å². The van der Waals surface area contributed by atoms with Gasteiger partial charge in [-0.05, 0) is 89.9 Å². The summed E-state index contributed by atoms with van der Waals surface area (Å²) in [5.41, 5.74) is 0. The SMILES string of the molecule is CC/C=C\C/C=C\C/C=C\C/C=C\CCCCCCCCCCCCCCCCCCCCCCC(=O)OC(CO)COC(=O)CCCCCCCCCCCCCCCCCCCC/C=C\C/C=C\C/C=C\C/C=C\CC. The van der Waals surface area contributed by atoms with Gasteiger partial charge in [-0.3, -0.25) is 9.59 Å². The highest BCUT2D eigenvalue weighted by molar-refractivity contribution is 5.70. The maximum Gasteiger partial charge on any atom is 0.306 e. The molecule has 0 radical (unpaired) electrons. The van der Waals surface area contributed by atoms with Gasteiger partial charge >= 0.3 is 11.9 Å². The van der Waals surface area contributed by atoms with E-state index in [0.29, 0.717) is 12.8 Å². The third-order valence-electron chi connectivity index (χ3n) is 14.9. The zero-order chi connectivity index (χ0) is 56.2. The van der Waals surface area contributed by atoms with Crippen LogP contribution in [0.1, 0.15) is 335 Å². The van der Waals surface area contributed by atoms with E-state index in [9.17, 15) is 14.7 Å². The summed E-state index contributed by atoms with van der Waals surface area (Å²) in [6.45, 7) is 3.95. The van der Waals surface area contributed by atoms with E-state index >= 15 is 0 Å². The highest BCUT2D eigenvalue weighted by atomic mass is 16.6. The van der Waals surface area contributed by atoms with Gasteiger partial charge in [0, 0.05) is 12.8 Å². The van der Waals surface area contributed by atoms with E-state index < -0.39 is 6.10 Å². The lowest BCUT2D eigenvalue weighted by molar-refractivity contribution is -0.161. The van der Waals surface area contributed by atoms with Crippen LogP contribution in [0.3, 0.4) is 0 Å². The van der Waals surface area contributed by atoms with Crippen LogP contribution >= 0.6 is 0 Å². The molecule has 0 saturated heterocycles. The first-order valence-corrected chi connectivity index (χ1v) is 33.8. The molecule has 0 aliphatic carbocycles. The van der Waals surface area contributed by atoms with Crippen molar-refractivity contribution in [2.45, 2.75) is 341 Å². The molecule has 0 heterocycles. The maximum atomic E-state index is 12.4. The molecular weight excluding hydrogens is 957 g/mol. The smallest absolute Gasteiger partial charge is 0.306 e. The Labute approximate surface area is 485 Å². The van der Waals surface area contributed by atoms with Crippen LogP contribution in [0.25, 0.3) is 0 Å². The Morgan fingerprint density at radius 1 is 0.295 bits per heavy atom. The van der Waals surface area contributed by atoms with Crippen LogP contribution in [-0.4, -0.2) is 36.4 Å². The molecule has 0 spiro atoms. The van der Waals surface area contributed by atoms with Crippen molar-refractivity contribution in [2.75, 3.05) is 13.2 Å². The molecule has 78 heavy (non-hydrogen) atoms. The standard InChI is InChI=1S/C73H128O5/c1-3-5-7-9-11-13-15-17-19-21-23-25-27-29-31-33-35-36-38-40-42-44-46-48-50-52-54-56-58-60-62-64-66-68-73(76)78-71(69-74)70-77-72(75)67-65-63-61-59-57-55-53-51-49-47-45-43-41-39-37-34-32-30-28-26-24-22-20-18-16-14-12-10-8-6-4-2/h5-8,11-14,17-20,23-26,71,74H,3-4,9-10,15-16,21-22,27-70H2,1-2H3/b7-5-,8-6-,13-11-,14-12-,19-17-,20-18-,25-23-,26-24-. The first-order chi connectivity index (χ1) is 38.6. The van der Waals surface area contributed by atoms with Gasteiger partial charge in [0.15, 0.2) is 6.10 Å². The number of aliphatic hydroxyl groups is 1. The number of carbonyl (C=O) groups excluding carboxylic acids is 2. The summed E-state index contributed by atoms with van der Waals surface area (Å²) >= 11 is 0. The third kappa shape index (κ3) is 65.3. The molecule has 1 unspecified atom stereocenters. The van der Waals surface area contributed by atoms with Crippen molar-refractivity contribution >= 4 is 11.9 Å². The Kier molecular flexibility index (Phi) is 65.3. The highest BCUT2D eigenvalue weighted by Gasteiger charge is 2.16. The van der Waals surface area contributed by atoms with Crippen molar-refractivity contribution in [3.8, 4) is 0 Å². The second-order valence-corrected chi connectivity index (χ2v) is 22.5. The molecular formula is C73H128O5. The summed E-state index contributed by atoms with van der Waals surface area (Å²) in [4.78, 5) is 24.6. The topological polar surface area (TPSA) is 72.8 Å². The minimum Gasteiger partial charge on any atom is -0.462 e. The number of rotatable bonds is 62. The summed E-state index contributed by atoms with van der Waals surface area (Å²) < 4.78 is 10.8. The molecule has 1 atom stereocenters. The Bertz CT molecular complexity index is 1460. The monoisotopic (exact) mass is 1080 g/mol. The Hall–Kier alpha value is -3.18. The number of carbonyl (C=O) groups is 2. The van der Waals surface area contributed by atoms with Crippen molar-refractivity contribution in [1.82, 2.24) is 0 Å². The molecule has 0 aromatic rings. The van der Waals surface area contributed by atoms with Gasteiger partial charge in [-0.15, -0.1) is 0 Å². The van der Waals surface area contributed by atoms with Gasteiger partial charge in [-0.1, -0.05) is 329 Å². The average Bonchev–Trinajstić information content (AvgIpc) is 3.44. The third-order valence-corrected chi connectivity index (χ3v) is 14.9. The van der Waals surface area contributed by atoms with Crippen LogP contribution in [-0.2, 0) is 19.1 Å². The maximum absolute atomic E-state index is 12.4. The Balaban J connectivity index is 3.42. The molecule has 5 nitrogen and oxygen atoms in total. The summed E-state index contributed by atoms with van der Waals surface area (Å²) in [6, 6.07) is 0. The fourth-order valence-electron chi connectivity index (χ4n) is 9.90. The predicted octanol–water partition coefficient (Wildman–Crippen LogP) is 23.4. The molecule has 0 saturated carbocycles. The molecule has 0 aromatic carbocycles. The van der Waals surface area contributed by atoms with E-state index in [1.165, 1.54) is 218 Å². The van der Waals surface area contributed by atoms with E-state index in [1.54, 1.807) is 0 Å². The lowest BCUT2D eigenvalue weighted by Crippen LogP contribution is -2.28. The molecule has 5 heteroatoms. The number of aliphatic hydroxyl groups excluding tert-OH is 1. The van der Waals surface area contributed by atoms with E-state index in [4.69, 9.17) is 9.47 Å². The first-order valence-electron chi connectivity index (χ1n) is 33.8. The van der Waals surface area contributed by atoms with Crippen LogP contribution in [0.15, 0.2) is 97.2 Å². The largest absolute Gasteiger partial charge is 0.462 e. The van der Waals surface area contributed by atoms with Gasteiger partial charge < -0.3 is 14.6 Å². The molecule has 0 bridgehead atoms. The van der Waals surface area contributed by atoms with Gasteiger partial charge in [0.25, 0.3) is 0 Å². The summed E-state index contributed by atoms with van der Waals surface area (Å²) in [5.74, 6) is -0.575. The van der Waals surface area contributed by atoms with Crippen molar-refractivity contribution in [1.29, 1.82) is 0 Å². The Morgan fingerprint density at radius 3 is 0.769 bits per heavy atom. The minimum atomic E-state index is -0.775. The van der Waals surface area contributed by atoms with Gasteiger partial charge in [0.1, 0.15) is 6.61 Å². The average molecular weight is 1090 g/mol. The molecule has 1 N–H and O–H groups in total. The van der Waals surface area contributed by atoms with E-state index in [0.717, 1.165) is 89.9 Å². The molecule has 0 rings (SSSR count). The normalized spacial score (nSPS) is 12.8. The van der Waals surface area contributed by atoms with Crippen LogP contribution in [0.5, 0.6) is 0 Å². The molecule has 0 aliphatic rings. The van der Waals surface area contributed by atoms with Crippen LogP contribution < -0.4 is 0 Å². The van der Waals surface area contributed by atoms with Crippen molar-refractivity contribution < 1.29 is 24.2 Å². The number of hydrogen-bond donors (Lipinski definition) is 1. The summed E-state index contributed by atoms with van der Waals surface area (Å²) in [6.07, 6.45) is 97.2. The van der Waals surface area contributed by atoms with Gasteiger partial charge in [0.2, 0.25) is 0 Å². The van der Waals surface area contributed by atoms with Crippen LogP contribution in [0.2, 0.25) is 0 Å². The molecule has 450 valence electrons. The van der Waals surface area contributed by atoms with Gasteiger partial charge in [0.05, 0.1) is 6.61 Å². The van der Waals surface area contributed by atoms with Crippen molar-refractivity contribution in [2.24, 2.45) is 0 Å². The molecule has 0 amide bonds. The molecule has 0 aromatic heterocycles. The lowest BCUT2D eigenvalue weighted by atomic mass is 10.0. The number of allylic oxidation sites excluding steroid dienone is 16. The summed E-state index contributed by atoms with van der Waals surface area (Å²) in [7, 11) is 0. The number of esters is 2. The number of ether oxygens (including phenoxy) is 2. The quantitative estimate of drug-likeness (QED) is 0.0373. The fourth-order valence-corrected chi connectivity index (χ4v) is 9.90. The van der Waals surface area contributed by atoms with Crippen molar-refractivity contribution in [3.63, 3.8) is 0 Å². The van der Waals surface area contributed by atoms with E-state index in [2.05, 4.69) is 111 Å².